The molecule has 0 atom stereocenters. The van der Waals surface area contributed by atoms with Crippen LogP contribution in [-0.4, -0.2) is 20.0 Å². The van der Waals surface area contributed by atoms with Gasteiger partial charge >= 0.3 is 0 Å². The molecule has 0 unspecified atom stereocenters. The Balaban J connectivity index is 2.36. The second kappa shape index (κ2) is 6.78. The van der Waals surface area contributed by atoms with E-state index >= 15 is 0 Å². The standard InChI is InChI=1S/C14H15ClN2O3S/c1-2-9-20-12-7-6-11(15)10-13(12)21(18,19)17-14-5-3-4-8-16-14/h3-8,10H,2,9H2,1H3,(H,16,17). The van der Waals surface area contributed by atoms with Gasteiger partial charge in [-0.2, -0.15) is 0 Å². The van der Waals surface area contributed by atoms with Crippen molar-refractivity contribution < 1.29 is 13.2 Å². The minimum Gasteiger partial charge on any atom is -0.492 e. The number of ether oxygens (including phenoxy) is 1. The third-order valence-corrected chi connectivity index (χ3v) is 4.17. The fourth-order valence-electron chi connectivity index (χ4n) is 1.64. The molecule has 5 nitrogen and oxygen atoms in total. The van der Waals surface area contributed by atoms with Crippen molar-refractivity contribution in [2.45, 2.75) is 18.2 Å². The van der Waals surface area contributed by atoms with E-state index in [1.165, 1.54) is 12.3 Å². The van der Waals surface area contributed by atoms with Gasteiger partial charge in [-0.1, -0.05) is 24.6 Å². The van der Waals surface area contributed by atoms with Gasteiger partial charge in [-0.05, 0) is 36.8 Å². The molecule has 112 valence electrons. The maximum atomic E-state index is 12.4. The van der Waals surface area contributed by atoms with Gasteiger partial charge in [0.25, 0.3) is 10.0 Å². The molecule has 0 aliphatic heterocycles. The van der Waals surface area contributed by atoms with Gasteiger partial charge in [0.2, 0.25) is 0 Å². The summed E-state index contributed by atoms with van der Waals surface area (Å²) in [5.74, 6) is 0.503. The number of pyridine rings is 1. The Bertz CT molecular complexity index is 705. The molecule has 1 N–H and O–H groups in total. The Hall–Kier alpha value is -1.79. The van der Waals surface area contributed by atoms with E-state index in [0.717, 1.165) is 6.42 Å². The molecule has 0 aliphatic carbocycles. The van der Waals surface area contributed by atoms with Gasteiger partial charge in [-0.15, -0.1) is 0 Å². The highest BCUT2D eigenvalue weighted by atomic mass is 35.5. The predicted octanol–water partition coefficient (Wildman–Crippen LogP) is 3.32. The van der Waals surface area contributed by atoms with Crippen LogP contribution in [0.3, 0.4) is 0 Å². The molecular formula is C14H15ClN2O3S. The number of aromatic nitrogens is 1. The molecule has 0 bridgehead atoms. The van der Waals surface area contributed by atoms with Crippen LogP contribution in [0.2, 0.25) is 5.02 Å². The number of anilines is 1. The average molecular weight is 327 g/mol. The summed E-state index contributed by atoms with van der Waals surface area (Å²) in [5.41, 5.74) is 0. The van der Waals surface area contributed by atoms with Crippen molar-refractivity contribution in [3.8, 4) is 5.75 Å². The molecule has 0 saturated heterocycles. The molecule has 0 fully saturated rings. The van der Waals surface area contributed by atoms with Gasteiger partial charge in [0, 0.05) is 11.2 Å². The lowest BCUT2D eigenvalue weighted by Gasteiger charge is -2.13. The molecule has 0 radical (unpaired) electrons. The average Bonchev–Trinajstić information content (AvgIpc) is 2.46. The highest BCUT2D eigenvalue weighted by Gasteiger charge is 2.21. The Morgan fingerprint density at radius 2 is 2.10 bits per heavy atom. The molecule has 0 saturated carbocycles. The molecule has 1 heterocycles. The minimum absolute atomic E-state index is 0.00546. The lowest BCUT2D eigenvalue weighted by atomic mass is 10.3. The monoisotopic (exact) mass is 326 g/mol. The molecule has 2 rings (SSSR count). The molecule has 21 heavy (non-hydrogen) atoms. The largest absolute Gasteiger partial charge is 0.492 e. The van der Waals surface area contributed by atoms with Crippen LogP contribution in [0, 0.1) is 0 Å². The summed E-state index contributed by atoms with van der Waals surface area (Å²) in [6, 6.07) is 9.45. The molecule has 0 amide bonds. The van der Waals surface area contributed by atoms with E-state index in [1.54, 1.807) is 30.3 Å². The summed E-state index contributed by atoms with van der Waals surface area (Å²) in [6.45, 7) is 2.37. The van der Waals surface area contributed by atoms with E-state index < -0.39 is 10.0 Å². The lowest BCUT2D eigenvalue weighted by molar-refractivity contribution is 0.309. The van der Waals surface area contributed by atoms with Crippen molar-refractivity contribution in [3.63, 3.8) is 0 Å². The molecule has 1 aromatic heterocycles. The summed E-state index contributed by atoms with van der Waals surface area (Å²) in [5, 5.41) is 0.320. The zero-order chi connectivity index (χ0) is 15.3. The van der Waals surface area contributed by atoms with Crippen molar-refractivity contribution in [1.82, 2.24) is 4.98 Å². The fourth-order valence-corrected chi connectivity index (χ4v) is 3.06. The lowest BCUT2D eigenvalue weighted by Crippen LogP contribution is -2.15. The zero-order valence-corrected chi connectivity index (χ0v) is 13.0. The molecule has 0 spiro atoms. The van der Waals surface area contributed by atoms with E-state index in [-0.39, 0.29) is 16.5 Å². The van der Waals surface area contributed by atoms with Crippen molar-refractivity contribution in [2.75, 3.05) is 11.3 Å². The number of hydrogen-bond acceptors (Lipinski definition) is 4. The zero-order valence-electron chi connectivity index (χ0n) is 11.4. The number of benzene rings is 1. The third-order valence-electron chi connectivity index (χ3n) is 2.56. The minimum atomic E-state index is -3.82. The van der Waals surface area contributed by atoms with Gasteiger partial charge in [0.1, 0.15) is 16.5 Å². The Morgan fingerprint density at radius 1 is 1.29 bits per heavy atom. The van der Waals surface area contributed by atoms with E-state index in [2.05, 4.69) is 9.71 Å². The first-order valence-corrected chi connectivity index (χ1v) is 8.25. The smallest absolute Gasteiger partial charge is 0.266 e. The summed E-state index contributed by atoms with van der Waals surface area (Å²) in [7, 11) is -3.82. The van der Waals surface area contributed by atoms with Crippen LogP contribution in [0.25, 0.3) is 0 Å². The number of rotatable bonds is 6. The summed E-state index contributed by atoms with van der Waals surface area (Å²) >= 11 is 5.90. The fraction of sp³-hybridized carbons (Fsp3) is 0.214. The molecular weight excluding hydrogens is 312 g/mol. The maximum Gasteiger partial charge on any atom is 0.266 e. The first-order chi connectivity index (χ1) is 10.0. The topological polar surface area (TPSA) is 68.3 Å². The first kappa shape index (κ1) is 15.6. The van der Waals surface area contributed by atoms with Crippen LogP contribution >= 0.6 is 11.6 Å². The third kappa shape index (κ3) is 4.09. The molecule has 7 heteroatoms. The SMILES string of the molecule is CCCOc1ccc(Cl)cc1S(=O)(=O)Nc1ccccn1. The van der Waals surface area contributed by atoms with E-state index in [4.69, 9.17) is 16.3 Å². The van der Waals surface area contributed by atoms with E-state index in [0.29, 0.717) is 11.6 Å². The predicted molar refractivity (Wildman–Crippen MR) is 82.3 cm³/mol. The summed E-state index contributed by atoms with van der Waals surface area (Å²) in [4.78, 5) is 3.93. The number of halogens is 1. The maximum absolute atomic E-state index is 12.4. The first-order valence-electron chi connectivity index (χ1n) is 6.39. The van der Waals surface area contributed by atoms with E-state index in [9.17, 15) is 8.42 Å². The van der Waals surface area contributed by atoms with Crippen LogP contribution in [0.5, 0.6) is 5.75 Å². The van der Waals surface area contributed by atoms with Crippen LogP contribution in [0.1, 0.15) is 13.3 Å². The van der Waals surface area contributed by atoms with Crippen molar-refractivity contribution >= 4 is 27.4 Å². The second-order valence-corrected chi connectivity index (χ2v) is 6.35. The quantitative estimate of drug-likeness (QED) is 0.884. The summed E-state index contributed by atoms with van der Waals surface area (Å²) < 4.78 is 32.8. The Kier molecular flexibility index (Phi) is 5.03. The van der Waals surface area contributed by atoms with Crippen LogP contribution in [0.4, 0.5) is 5.82 Å². The van der Waals surface area contributed by atoms with Crippen LogP contribution in [0.15, 0.2) is 47.5 Å². The number of sulfonamides is 1. The van der Waals surface area contributed by atoms with Gasteiger partial charge in [-0.25, -0.2) is 13.4 Å². The highest BCUT2D eigenvalue weighted by Crippen LogP contribution is 2.28. The van der Waals surface area contributed by atoms with Crippen molar-refractivity contribution in [3.05, 3.63) is 47.6 Å². The number of nitrogens with zero attached hydrogens (tertiary/aromatic N) is 1. The van der Waals surface area contributed by atoms with E-state index in [1.807, 2.05) is 6.92 Å². The molecule has 0 aliphatic rings. The van der Waals surface area contributed by atoms with Crippen molar-refractivity contribution in [2.24, 2.45) is 0 Å². The highest BCUT2D eigenvalue weighted by molar-refractivity contribution is 7.92. The van der Waals surface area contributed by atoms with Crippen LogP contribution < -0.4 is 9.46 Å². The number of nitrogens with one attached hydrogen (secondary N) is 1. The van der Waals surface area contributed by atoms with Crippen molar-refractivity contribution in [1.29, 1.82) is 0 Å². The molecule has 1 aromatic carbocycles. The number of hydrogen-bond donors (Lipinski definition) is 1. The van der Waals surface area contributed by atoms with Crippen LogP contribution in [-0.2, 0) is 10.0 Å². The Morgan fingerprint density at radius 3 is 2.76 bits per heavy atom. The Labute approximate surface area is 129 Å². The normalized spacial score (nSPS) is 11.1. The van der Waals surface area contributed by atoms with Gasteiger partial charge < -0.3 is 4.74 Å². The van der Waals surface area contributed by atoms with Gasteiger partial charge in [-0.3, -0.25) is 4.72 Å². The second-order valence-electron chi connectivity index (χ2n) is 4.26. The molecule has 2 aromatic rings. The summed E-state index contributed by atoms with van der Waals surface area (Å²) in [6.07, 6.45) is 2.28. The van der Waals surface area contributed by atoms with Gasteiger partial charge in [0.15, 0.2) is 0 Å². The van der Waals surface area contributed by atoms with Gasteiger partial charge in [0.05, 0.1) is 6.61 Å².